The van der Waals surface area contributed by atoms with E-state index in [0.29, 0.717) is 0 Å². The van der Waals surface area contributed by atoms with Crippen LogP contribution in [0, 0.1) is 0 Å². The van der Waals surface area contributed by atoms with E-state index in [-0.39, 0.29) is 5.41 Å². The minimum absolute atomic E-state index is 0.131. The van der Waals surface area contributed by atoms with Gasteiger partial charge in [-0.3, -0.25) is 0 Å². The second-order valence-electron chi connectivity index (χ2n) is 6.18. The van der Waals surface area contributed by atoms with Gasteiger partial charge in [0.15, 0.2) is 0 Å². The van der Waals surface area contributed by atoms with Crippen molar-refractivity contribution in [2.24, 2.45) is 0 Å². The molecule has 0 bridgehead atoms. The summed E-state index contributed by atoms with van der Waals surface area (Å²) in [5.41, 5.74) is 2.72. The molecule has 1 saturated heterocycles. The Morgan fingerprint density at radius 1 is 1.06 bits per heavy atom. The molecule has 0 amide bonds. The summed E-state index contributed by atoms with van der Waals surface area (Å²) in [6.07, 6.45) is 3.99. The molecule has 0 saturated carbocycles. The highest BCUT2D eigenvalue weighted by Gasteiger charge is 2.20. The molecule has 0 unspecified atom stereocenters. The standard InChI is InChI=1S/C16H25NO/c1-16(2,3)14-9-8-13(12-15(14)18-4)17-10-6-5-7-11-17/h8-9,12H,5-7,10-11H2,1-4H3. The third-order valence-electron chi connectivity index (χ3n) is 3.71. The minimum Gasteiger partial charge on any atom is -0.496 e. The molecular formula is C16H25NO. The van der Waals surface area contributed by atoms with Gasteiger partial charge in [0.2, 0.25) is 0 Å². The number of benzene rings is 1. The zero-order chi connectivity index (χ0) is 13.2. The number of anilines is 1. The van der Waals surface area contributed by atoms with Gasteiger partial charge >= 0.3 is 0 Å². The normalized spacial score (nSPS) is 16.8. The van der Waals surface area contributed by atoms with Crippen molar-refractivity contribution in [2.45, 2.75) is 45.4 Å². The summed E-state index contributed by atoms with van der Waals surface area (Å²) >= 11 is 0. The Hall–Kier alpha value is -1.18. The summed E-state index contributed by atoms with van der Waals surface area (Å²) in [5, 5.41) is 0. The van der Waals surface area contributed by atoms with Gasteiger partial charge in [0.1, 0.15) is 5.75 Å². The Morgan fingerprint density at radius 3 is 2.28 bits per heavy atom. The summed E-state index contributed by atoms with van der Waals surface area (Å²) in [5.74, 6) is 1.02. The van der Waals surface area contributed by atoms with Crippen LogP contribution >= 0.6 is 0 Å². The summed E-state index contributed by atoms with van der Waals surface area (Å²) in [7, 11) is 1.77. The number of rotatable bonds is 2. The molecule has 1 aromatic rings. The van der Waals surface area contributed by atoms with Crippen LogP contribution in [0.2, 0.25) is 0 Å². The highest BCUT2D eigenvalue weighted by molar-refractivity contribution is 5.55. The fourth-order valence-corrected chi connectivity index (χ4v) is 2.65. The largest absolute Gasteiger partial charge is 0.496 e. The van der Waals surface area contributed by atoms with E-state index in [1.165, 1.54) is 43.6 Å². The van der Waals surface area contributed by atoms with Crippen LogP contribution in [0.1, 0.15) is 45.6 Å². The van der Waals surface area contributed by atoms with Crippen molar-refractivity contribution >= 4 is 5.69 Å². The maximum Gasteiger partial charge on any atom is 0.124 e. The number of methoxy groups -OCH3 is 1. The monoisotopic (exact) mass is 247 g/mol. The first-order valence-corrected chi connectivity index (χ1v) is 6.96. The van der Waals surface area contributed by atoms with E-state index in [9.17, 15) is 0 Å². The second kappa shape index (κ2) is 5.21. The lowest BCUT2D eigenvalue weighted by Crippen LogP contribution is -2.29. The Labute approximate surface area is 111 Å². The number of hydrogen-bond donors (Lipinski definition) is 0. The molecule has 1 aromatic carbocycles. The highest BCUT2D eigenvalue weighted by Crippen LogP contribution is 2.34. The van der Waals surface area contributed by atoms with E-state index < -0.39 is 0 Å². The molecule has 1 heterocycles. The molecule has 1 fully saturated rings. The van der Waals surface area contributed by atoms with Crippen LogP contribution in [0.25, 0.3) is 0 Å². The van der Waals surface area contributed by atoms with Crippen LogP contribution in [-0.2, 0) is 5.41 Å². The maximum atomic E-state index is 5.58. The van der Waals surface area contributed by atoms with Crippen molar-refractivity contribution in [1.29, 1.82) is 0 Å². The van der Waals surface area contributed by atoms with Crippen LogP contribution in [0.3, 0.4) is 0 Å². The summed E-state index contributed by atoms with van der Waals surface area (Å²) in [6, 6.07) is 6.67. The van der Waals surface area contributed by atoms with Gasteiger partial charge in [-0.1, -0.05) is 26.8 Å². The molecule has 0 aromatic heterocycles. The van der Waals surface area contributed by atoms with Gasteiger partial charge < -0.3 is 9.64 Å². The Balaban J connectivity index is 2.29. The van der Waals surface area contributed by atoms with Gasteiger partial charge in [-0.15, -0.1) is 0 Å². The van der Waals surface area contributed by atoms with Crippen molar-refractivity contribution < 1.29 is 4.74 Å². The molecule has 2 rings (SSSR count). The van der Waals surface area contributed by atoms with Crippen molar-refractivity contribution in [2.75, 3.05) is 25.1 Å². The number of ether oxygens (including phenoxy) is 1. The summed E-state index contributed by atoms with van der Waals surface area (Å²) in [4.78, 5) is 2.47. The topological polar surface area (TPSA) is 12.5 Å². The van der Waals surface area contributed by atoms with Crippen molar-refractivity contribution in [3.05, 3.63) is 23.8 Å². The summed E-state index contributed by atoms with van der Waals surface area (Å²) < 4.78 is 5.58. The van der Waals surface area contributed by atoms with Gasteiger partial charge in [0.25, 0.3) is 0 Å². The first-order chi connectivity index (χ1) is 8.52. The van der Waals surface area contributed by atoms with Crippen LogP contribution in [0.5, 0.6) is 5.75 Å². The van der Waals surface area contributed by atoms with Gasteiger partial charge in [0.05, 0.1) is 7.11 Å². The van der Waals surface area contributed by atoms with Gasteiger partial charge in [0, 0.05) is 24.8 Å². The van der Waals surface area contributed by atoms with Crippen LogP contribution in [0.15, 0.2) is 18.2 Å². The highest BCUT2D eigenvalue weighted by atomic mass is 16.5. The van der Waals surface area contributed by atoms with Crippen molar-refractivity contribution in [3.8, 4) is 5.75 Å². The van der Waals surface area contributed by atoms with Crippen LogP contribution < -0.4 is 9.64 Å². The average molecular weight is 247 g/mol. The fraction of sp³-hybridized carbons (Fsp3) is 0.625. The lowest BCUT2D eigenvalue weighted by atomic mass is 9.86. The quantitative estimate of drug-likeness (QED) is 0.783. The van der Waals surface area contributed by atoms with E-state index in [1.807, 2.05) is 0 Å². The molecule has 0 spiro atoms. The molecule has 100 valence electrons. The van der Waals surface area contributed by atoms with E-state index >= 15 is 0 Å². The second-order valence-corrected chi connectivity index (χ2v) is 6.18. The zero-order valence-electron chi connectivity index (χ0n) is 12.1. The predicted molar refractivity (Wildman–Crippen MR) is 77.8 cm³/mol. The van der Waals surface area contributed by atoms with E-state index in [2.05, 4.69) is 43.9 Å². The molecule has 0 N–H and O–H groups in total. The average Bonchev–Trinajstić information content (AvgIpc) is 2.38. The predicted octanol–water partition coefficient (Wildman–Crippen LogP) is 3.98. The maximum absolute atomic E-state index is 5.58. The van der Waals surface area contributed by atoms with Crippen molar-refractivity contribution in [1.82, 2.24) is 0 Å². The van der Waals surface area contributed by atoms with E-state index in [1.54, 1.807) is 7.11 Å². The lowest BCUT2D eigenvalue weighted by molar-refractivity contribution is 0.397. The molecule has 0 radical (unpaired) electrons. The molecule has 0 aliphatic carbocycles. The van der Waals surface area contributed by atoms with Gasteiger partial charge in [-0.05, 0) is 36.3 Å². The Bertz CT molecular complexity index is 400. The lowest BCUT2D eigenvalue weighted by Gasteiger charge is -2.30. The molecule has 2 heteroatoms. The van der Waals surface area contributed by atoms with Crippen LogP contribution in [0.4, 0.5) is 5.69 Å². The molecular weight excluding hydrogens is 222 g/mol. The SMILES string of the molecule is COc1cc(N2CCCCC2)ccc1C(C)(C)C. The molecule has 18 heavy (non-hydrogen) atoms. The van der Waals surface area contributed by atoms with Crippen molar-refractivity contribution in [3.63, 3.8) is 0 Å². The Kier molecular flexibility index (Phi) is 3.84. The third-order valence-corrected chi connectivity index (χ3v) is 3.71. The van der Waals surface area contributed by atoms with Crippen LogP contribution in [-0.4, -0.2) is 20.2 Å². The molecule has 2 nitrogen and oxygen atoms in total. The van der Waals surface area contributed by atoms with E-state index in [4.69, 9.17) is 4.74 Å². The number of hydrogen-bond acceptors (Lipinski definition) is 2. The first-order valence-electron chi connectivity index (χ1n) is 6.96. The molecule has 1 aliphatic rings. The minimum atomic E-state index is 0.131. The molecule has 0 atom stereocenters. The number of piperidine rings is 1. The van der Waals surface area contributed by atoms with E-state index in [0.717, 1.165) is 5.75 Å². The number of nitrogens with zero attached hydrogens (tertiary/aromatic N) is 1. The van der Waals surface area contributed by atoms with Gasteiger partial charge in [-0.2, -0.15) is 0 Å². The molecule has 1 aliphatic heterocycles. The summed E-state index contributed by atoms with van der Waals surface area (Å²) in [6.45, 7) is 9.04. The third kappa shape index (κ3) is 2.80. The smallest absolute Gasteiger partial charge is 0.124 e. The van der Waals surface area contributed by atoms with Gasteiger partial charge in [-0.25, -0.2) is 0 Å². The first kappa shape index (κ1) is 13.3. The zero-order valence-corrected chi connectivity index (χ0v) is 12.1. The fourth-order valence-electron chi connectivity index (χ4n) is 2.65. The Morgan fingerprint density at radius 2 is 1.72 bits per heavy atom.